The van der Waals surface area contributed by atoms with Crippen molar-refractivity contribution in [2.24, 2.45) is 0 Å². The molecular formula is C14H19N3O2. The summed E-state index contributed by atoms with van der Waals surface area (Å²) in [6.07, 6.45) is 2.90. The Bertz CT molecular complexity index is 591. The molecule has 0 bridgehead atoms. The summed E-state index contributed by atoms with van der Waals surface area (Å²) in [6, 6.07) is 5.92. The molecule has 0 aromatic carbocycles. The van der Waals surface area contributed by atoms with Crippen molar-refractivity contribution in [3.63, 3.8) is 0 Å². The fourth-order valence-electron chi connectivity index (χ4n) is 2.06. The third-order valence-electron chi connectivity index (χ3n) is 3.56. The van der Waals surface area contributed by atoms with Gasteiger partial charge in [-0.15, -0.1) is 0 Å². The molecule has 5 nitrogen and oxygen atoms in total. The molecule has 0 amide bonds. The highest BCUT2D eigenvalue weighted by Crippen LogP contribution is 2.15. The molecule has 2 heterocycles. The average Bonchev–Trinajstić information content (AvgIpc) is 2.77. The van der Waals surface area contributed by atoms with E-state index >= 15 is 0 Å². The van der Waals surface area contributed by atoms with E-state index in [1.54, 1.807) is 6.07 Å². The number of rotatable bonds is 5. The normalized spacial score (nSPS) is 13.1. The Balaban J connectivity index is 2.41. The standard InChI is InChI=1S/C14H19N3O2/c1-4-10(2)16(3)9-12-15-13(14(18)19)11-7-5-6-8-17(11)12/h5-8,10H,4,9H2,1-3H3,(H,18,19). The van der Waals surface area contributed by atoms with E-state index in [2.05, 4.69) is 23.7 Å². The molecule has 102 valence electrons. The molecule has 0 saturated heterocycles. The Kier molecular flexibility index (Phi) is 3.85. The van der Waals surface area contributed by atoms with Gasteiger partial charge in [0.2, 0.25) is 0 Å². The van der Waals surface area contributed by atoms with Crippen molar-refractivity contribution in [2.75, 3.05) is 7.05 Å². The van der Waals surface area contributed by atoms with Crippen LogP contribution in [0.15, 0.2) is 24.4 Å². The number of carboxylic acid groups (broad SMARTS) is 1. The lowest BCUT2D eigenvalue weighted by atomic mass is 10.2. The van der Waals surface area contributed by atoms with Gasteiger partial charge in [-0.05, 0) is 32.5 Å². The molecule has 2 aromatic rings. The fourth-order valence-corrected chi connectivity index (χ4v) is 2.06. The van der Waals surface area contributed by atoms with E-state index in [1.165, 1.54) is 0 Å². The van der Waals surface area contributed by atoms with Gasteiger partial charge in [0.1, 0.15) is 5.82 Å². The molecule has 5 heteroatoms. The molecule has 0 radical (unpaired) electrons. The highest BCUT2D eigenvalue weighted by molar-refractivity contribution is 5.93. The fraction of sp³-hybridized carbons (Fsp3) is 0.429. The third-order valence-corrected chi connectivity index (χ3v) is 3.56. The van der Waals surface area contributed by atoms with Crippen LogP contribution in [0.1, 0.15) is 36.6 Å². The number of pyridine rings is 1. The first-order chi connectivity index (χ1) is 9.04. The third kappa shape index (κ3) is 2.61. The van der Waals surface area contributed by atoms with Crippen LogP contribution in [-0.2, 0) is 6.54 Å². The summed E-state index contributed by atoms with van der Waals surface area (Å²) in [5.74, 6) is -0.225. The Morgan fingerprint density at radius 3 is 2.89 bits per heavy atom. The van der Waals surface area contributed by atoms with Gasteiger partial charge in [0.15, 0.2) is 5.69 Å². The summed E-state index contributed by atoms with van der Waals surface area (Å²) in [5.41, 5.74) is 0.760. The van der Waals surface area contributed by atoms with E-state index in [-0.39, 0.29) is 5.69 Å². The molecule has 0 aliphatic rings. The van der Waals surface area contributed by atoms with Crippen LogP contribution in [0.3, 0.4) is 0 Å². The van der Waals surface area contributed by atoms with Crippen LogP contribution in [0.4, 0.5) is 0 Å². The van der Waals surface area contributed by atoms with Crippen LogP contribution >= 0.6 is 0 Å². The SMILES string of the molecule is CCC(C)N(C)Cc1nc(C(=O)O)c2ccccn12. The lowest BCUT2D eigenvalue weighted by Gasteiger charge is -2.22. The maximum Gasteiger partial charge on any atom is 0.356 e. The number of hydrogen-bond acceptors (Lipinski definition) is 3. The molecular weight excluding hydrogens is 242 g/mol. The van der Waals surface area contributed by atoms with Gasteiger partial charge in [0.25, 0.3) is 0 Å². The molecule has 0 spiro atoms. The maximum atomic E-state index is 11.2. The van der Waals surface area contributed by atoms with Crippen LogP contribution in [-0.4, -0.2) is 38.4 Å². The van der Waals surface area contributed by atoms with Crippen molar-refractivity contribution < 1.29 is 9.90 Å². The van der Waals surface area contributed by atoms with E-state index in [4.69, 9.17) is 0 Å². The van der Waals surface area contributed by atoms with Gasteiger partial charge in [-0.2, -0.15) is 0 Å². The van der Waals surface area contributed by atoms with E-state index in [0.717, 1.165) is 12.2 Å². The maximum absolute atomic E-state index is 11.2. The minimum Gasteiger partial charge on any atom is -0.476 e. The molecule has 1 atom stereocenters. The van der Waals surface area contributed by atoms with Gasteiger partial charge in [-0.1, -0.05) is 13.0 Å². The second-order valence-corrected chi connectivity index (χ2v) is 4.81. The summed E-state index contributed by atoms with van der Waals surface area (Å²) in [5, 5.41) is 9.20. The van der Waals surface area contributed by atoms with Crippen molar-refractivity contribution >= 4 is 11.5 Å². The predicted molar refractivity (Wildman–Crippen MR) is 73.4 cm³/mol. The van der Waals surface area contributed by atoms with Crippen LogP contribution in [0.2, 0.25) is 0 Å². The van der Waals surface area contributed by atoms with E-state index in [9.17, 15) is 9.90 Å². The van der Waals surface area contributed by atoms with Crippen molar-refractivity contribution in [1.29, 1.82) is 0 Å². The zero-order valence-corrected chi connectivity index (χ0v) is 11.5. The molecule has 0 aliphatic carbocycles. The summed E-state index contributed by atoms with van der Waals surface area (Å²) < 4.78 is 1.85. The number of fused-ring (bicyclic) bond motifs is 1. The van der Waals surface area contributed by atoms with Gasteiger partial charge in [-0.25, -0.2) is 9.78 Å². The van der Waals surface area contributed by atoms with Crippen molar-refractivity contribution in [3.05, 3.63) is 35.9 Å². The van der Waals surface area contributed by atoms with E-state index in [0.29, 0.717) is 18.1 Å². The summed E-state index contributed by atoms with van der Waals surface area (Å²) in [7, 11) is 2.03. The lowest BCUT2D eigenvalue weighted by molar-refractivity contribution is 0.0693. The van der Waals surface area contributed by atoms with Gasteiger partial charge in [-0.3, -0.25) is 4.90 Å². The lowest BCUT2D eigenvalue weighted by Crippen LogP contribution is -2.28. The number of nitrogens with zero attached hydrogens (tertiary/aromatic N) is 3. The largest absolute Gasteiger partial charge is 0.476 e. The van der Waals surface area contributed by atoms with Crippen LogP contribution in [0.25, 0.3) is 5.52 Å². The molecule has 0 aliphatic heterocycles. The second kappa shape index (κ2) is 5.40. The smallest absolute Gasteiger partial charge is 0.356 e. The molecule has 2 rings (SSSR count). The van der Waals surface area contributed by atoms with Gasteiger partial charge in [0.05, 0.1) is 12.1 Å². The summed E-state index contributed by atoms with van der Waals surface area (Å²) in [4.78, 5) is 17.7. The number of aromatic carboxylic acids is 1. The van der Waals surface area contributed by atoms with Gasteiger partial charge in [0, 0.05) is 12.2 Å². The number of carbonyl (C=O) groups is 1. The number of aromatic nitrogens is 2. The van der Waals surface area contributed by atoms with E-state index < -0.39 is 5.97 Å². The number of imidazole rings is 1. The van der Waals surface area contributed by atoms with Gasteiger partial charge < -0.3 is 9.51 Å². The quantitative estimate of drug-likeness (QED) is 0.897. The van der Waals surface area contributed by atoms with Crippen LogP contribution < -0.4 is 0 Å². The second-order valence-electron chi connectivity index (χ2n) is 4.81. The summed E-state index contributed by atoms with van der Waals surface area (Å²) >= 11 is 0. The molecule has 19 heavy (non-hydrogen) atoms. The zero-order chi connectivity index (χ0) is 14.0. The predicted octanol–water partition coefficient (Wildman–Crippen LogP) is 2.26. The minimum absolute atomic E-state index is 0.119. The minimum atomic E-state index is -0.985. The van der Waals surface area contributed by atoms with E-state index in [1.807, 2.05) is 29.8 Å². The Morgan fingerprint density at radius 1 is 1.53 bits per heavy atom. The highest BCUT2D eigenvalue weighted by Gasteiger charge is 2.18. The first-order valence-electron chi connectivity index (χ1n) is 6.44. The molecule has 0 fully saturated rings. The number of carboxylic acids is 1. The van der Waals surface area contributed by atoms with Crippen molar-refractivity contribution in [1.82, 2.24) is 14.3 Å². The average molecular weight is 261 g/mol. The molecule has 0 saturated carbocycles. The molecule has 1 unspecified atom stereocenters. The topological polar surface area (TPSA) is 57.8 Å². The van der Waals surface area contributed by atoms with Crippen LogP contribution in [0.5, 0.6) is 0 Å². The Labute approximate surface area is 112 Å². The molecule has 1 N–H and O–H groups in total. The first-order valence-corrected chi connectivity index (χ1v) is 6.44. The van der Waals surface area contributed by atoms with Crippen molar-refractivity contribution in [2.45, 2.75) is 32.9 Å². The number of hydrogen-bond donors (Lipinski definition) is 1. The monoisotopic (exact) mass is 261 g/mol. The Hall–Kier alpha value is -1.88. The highest BCUT2D eigenvalue weighted by atomic mass is 16.4. The first kappa shape index (κ1) is 13.5. The van der Waals surface area contributed by atoms with Crippen molar-refractivity contribution in [3.8, 4) is 0 Å². The zero-order valence-electron chi connectivity index (χ0n) is 11.5. The summed E-state index contributed by atoms with van der Waals surface area (Å²) in [6.45, 7) is 4.91. The van der Waals surface area contributed by atoms with Gasteiger partial charge >= 0.3 is 5.97 Å². The Morgan fingerprint density at radius 2 is 2.26 bits per heavy atom. The molecule has 2 aromatic heterocycles. The van der Waals surface area contributed by atoms with Crippen LogP contribution in [0, 0.1) is 0 Å².